The van der Waals surface area contributed by atoms with Crippen molar-refractivity contribution in [3.63, 3.8) is 0 Å². The van der Waals surface area contributed by atoms with Gasteiger partial charge in [0.25, 0.3) is 0 Å². The molecule has 0 fully saturated rings. The van der Waals surface area contributed by atoms with Crippen molar-refractivity contribution in [1.29, 1.82) is 0 Å². The van der Waals surface area contributed by atoms with Crippen LogP contribution in [-0.4, -0.2) is 126 Å². The van der Waals surface area contributed by atoms with Gasteiger partial charge in [-0.05, 0) is 0 Å². The fourth-order valence-electron chi connectivity index (χ4n) is 1.88. The number of hydrogen-bond acceptors (Lipinski definition) is 14. The summed E-state index contributed by atoms with van der Waals surface area (Å²) in [5, 5.41) is 17.2. The third kappa shape index (κ3) is 24.1. The number of aliphatic hydroxyl groups excluding tert-OH is 2. The molecular formula is C18H36N2O12S2. The zero-order chi connectivity index (χ0) is 25.3. The lowest BCUT2D eigenvalue weighted by Gasteiger charge is -2.21. The minimum atomic E-state index is -0.943. The number of carbonyl (C=O) groups excluding carboxylic acids is 2. The van der Waals surface area contributed by atoms with E-state index < -0.39 is 23.1 Å². The Morgan fingerprint density at radius 1 is 0.588 bits per heavy atom. The van der Waals surface area contributed by atoms with Gasteiger partial charge >= 0.3 is 12.2 Å². The highest BCUT2D eigenvalue weighted by atomic mass is 33.1. The maximum atomic E-state index is 10.9. The average Bonchev–Trinajstić information content (AvgIpc) is 2.81. The molecule has 0 spiro atoms. The fourth-order valence-corrected chi connectivity index (χ4v) is 4.09. The van der Waals surface area contributed by atoms with Crippen molar-refractivity contribution >= 4 is 33.8 Å². The number of amides is 2. The minimum Gasteiger partial charge on any atom is -0.446 e. The van der Waals surface area contributed by atoms with E-state index in [1.165, 1.54) is 21.6 Å². The first-order valence-electron chi connectivity index (χ1n) is 10.4. The van der Waals surface area contributed by atoms with Gasteiger partial charge in [-0.2, -0.15) is 0 Å². The van der Waals surface area contributed by atoms with Gasteiger partial charge in [-0.3, -0.25) is 0 Å². The highest BCUT2D eigenvalue weighted by Gasteiger charge is 2.19. The predicted octanol–water partition coefficient (Wildman–Crippen LogP) is -0.705. The summed E-state index contributed by atoms with van der Waals surface area (Å²) in [7, 11) is 2.38. The molecule has 0 aromatic carbocycles. The molecule has 0 heterocycles. The highest BCUT2D eigenvalue weighted by Crippen LogP contribution is 2.33. The molecule has 0 aliphatic carbocycles. The zero-order valence-electron chi connectivity index (χ0n) is 19.0. The second-order valence-electron chi connectivity index (χ2n) is 5.95. The first-order chi connectivity index (χ1) is 16.5. The topological polar surface area (TPSA) is 200 Å². The molecule has 0 aromatic rings. The minimum absolute atomic E-state index is 0.0534. The molecule has 2 atom stereocenters. The van der Waals surface area contributed by atoms with Crippen LogP contribution in [0, 0.1) is 0 Å². The van der Waals surface area contributed by atoms with E-state index in [1.54, 1.807) is 0 Å². The van der Waals surface area contributed by atoms with Crippen molar-refractivity contribution in [1.82, 2.24) is 0 Å². The van der Waals surface area contributed by atoms with Gasteiger partial charge in [0, 0.05) is 0 Å². The summed E-state index contributed by atoms with van der Waals surface area (Å²) in [6, 6.07) is 0. The van der Waals surface area contributed by atoms with Gasteiger partial charge in [-0.1, -0.05) is 21.6 Å². The fraction of sp³-hybridized carbons (Fsp3) is 0.889. The van der Waals surface area contributed by atoms with E-state index in [4.69, 9.17) is 59.6 Å². The summed E-state index contributed by atoms with van der Waals surface area (Å²) in [6.45, 7) is 2.45. The Kier molecular flexibility index (Phi) is 24.2. The molecule has 16 heteroatoms. The summed E-state index contributed by atoms with van der Waals surface area (Å²) < 4.78 is 41.7. The maximum absolute atomic E-state index is 10.9. The second kappa shape index (κ2) is 25.0. The van der Waals surface area contributed by atoms with Crippen LogP contribution in [0.1, 0.15) is 0 Å². The molecule has 34 heavy (non-hydrogen) atoms. The molecule has 0 aromatic heterocycles. The van der Waals surface area contributed by atoms with Gasteiger partial charge in [0.2, 0.25) is 0 Å². The molecule has 0 aliphatic heterocycles. The summed E-state index contributed by atoms with van der Waals surface area (Å²) in [5.41, 5.74) is 8.84. The second-order valence-corrected chi connectivity index (χ2v) is 8.54. The van der Waals surface area contributed by atoms with Crippen LogP contribution in [0.4, 0.5) is 9.59 Å². The Labute approximate surface area is 206 Å². The van der Waals surface area contributed by atoms with Crippen molar-refractivity contribution in [3.8, 4) is 0 Å². The van der Waals surface area contributed by atoms with E-state index >= 15 is 0 Å². The molecule has 14 nitrogen and oxygen atoms in total. The quantitative estimate of drug-likeness (QED) is 0.0648. The van der Waals surface area contributed by atoms with Crippen molar-refractivity contribution in [3.05, 3.63) is 0 Å². The highest BCUT2D eigenvalue weighted by molar-refractivity contribution is 8.77. The molecule has 0 saturated carbocycles. The van der Waals surface area contributed by atoms with Crippen LogP contribution in [0.15, 0.2) is 0 Å². The molecule has 0 bridgehead atoms. The van der Waals surface area contributed by atoms with Gasteiger partial charge in [-0.25, -0.2) is 9.59 Å². The predicted molar refractivity (Wildman–Crippen MR) is 123 cm³/mol. The van der Waals surface area contributed by atoms with Gasteiger partial charge in [-0.15, -0.1) is 0 Å². The smallest absolute Gasteiger partial charge is 0.404 e. The summed E-state index contributed by atoms with van der Waals surface area (Å²) >= 11 is 0. The Morgan fingerprint density at radius 2 is 0.912 bits per heavy atom. The third-order valence-corrected chi connectivity index (χ3v) is 5.98. The number of nitrogens with two attached hydrogens (primary N) is 2. The van der Waals surface area contributed by atoms with Crippen molar-refractivity contribution in [2.75, 3.05) is 92.5 Å². The number of primary amides is 2. The standard InChI is InChI=1S/C18H36N2O12S2/c19-17(23)31-13-15(29-11-9-27-7-5-25-3-1-21)33-34-16(14-32-18(20)24)30-12-10-28-8-6-26-4-2-22/h15-16,21-22H,1-14H2,(H2,19,23)(H2,20,24). The Morgan fingerprint density at radius 3 is 1.24 bits per heavy atom. The number of carbonyl (C=O) groups is 2. The lowest BCUT2D eigenvalue weighted by Crippen LogP contribution is -2.26. The van der Waals surface area contributed by atoms with E-state index in [9.17, 15) is 9.59 Å². The summed E-state index contributed by atoms with van der Waals surface area (Å²) in [6.07, 6.45) is -1.89. The normalized spacial score (nSPS) is 12.9. The number of ether oxygens (including phenoxy) is 8. The summed E-state index contributed by atoms with van der Waals surface area (Å²) in [4.78, 5) is 21.9. The van der Waals surface area contributed by atoms with Crippen LogP contribution >= 0.6 is 21.6 Å². The molecule has 202 valence electrons. The molecule has 0 aliphatic rings. The van der Waals surface area contributed by atoms with Gasteiger partial charge < -0.3 is 59.6 Å². The van der Waals surface area contributed by atoms with Gasteiger partial charge in [0.05, 0.1) is 79.3 Å². The molecule has 2 amide bonds. The first-order valence-corrected chi connectivity index (χ1v) is 12.7. The molecule has 2 unspecified atom stereocenters. The Hall–Kier alpha value is -1.08. The molecule has 0 rings (SSSR count). The third-order valence-electron chi connectivity index (χ3n) is 3.27. The van der Waals surface area contributed by atoms with E-state index in [0.717, 1.165) is 0 Å². The van der Waals surface area contributed by atoms with Crippen molar-refractivity contribution in [2.45, 2.75) is 10.9 Å². The van der Waals surface area contributed by atoms with E-state index in [2.05, 4.69) is 0 Å². The monoisotopic (exact) mass is 536 g/mol. The number of rotatable bonds is 25. The lowest BCUT2D eigenvalue weighted by molar-refractivity contribution is -0.00710. The SMILES string of the molecule is NC(=O)OCC(OCCOCCOCCO)SSC(COC(N)=O)OCCOCCOCCO. The molecule has 6 N–H and O–H groups in total. The van der Waals surface area contributed by atoms with E-state index in [0.29, 0.717) is 26.4 Å². The first kappa shape index (κ1) is 32.9. The molecular weight excluding hydrogens is 500 g/mol. The van der Waals surface area contributed by atoms with Gasteiger partial charge in [0.1, 0.15) is 24.1 Å². The molecule has 0 radical (unpaired) electrons. The number of hydrogen-bond donors (Lipinski definition) is 4. The zero-order valence-corrected chi connectivity index (χ0v) is 20.6. The van der Waals surface area contributed by atoms with Crippen LogP contribution in [0.5, 0.6) is 0 Å². The van der Waals surface area contributed by atoms with Crippen LogP contribution in [0.3, 0.4) is 0 Å². The van der Waals surface area contributed by atoms with E-state index in [-0.39, 0.29) is 66.1 Å². The van der Waals surface area contributed by atoms with Gasteiger partial charge in [0.15, 0.2) is 0 Å². The maximum Gasteiger partial charge on any atom is 0.404 e. The molecule has 0 saturated heterocycles. The van der Waals surface area contributed by atoms with Crippen molar-refractivity contribution in [2.24, 2.45) is 11.5 Å². The summed E-state index contributed by atoms with van der Waals surface area (Å²) in [5.74, 6) is 0. The van der Waals surface area contributed by atoms with Crippen LogP contribution in [-0.2, 0) is 37.9 Å². The number of aliphatic hydroxyl groups is 2. The average molecular weight is 537 g/mol. The van der Waals surface area contributed by atoms with E-state index in [1.807, 2.05) is 0 Å². The van der Waals surface area contributed by atoms with Crippen molar-refractivity contribution < 1.29 is 57.7 Å². The van der Waals surface area contributed by atoms with Crippen LogP contribution in [0.25, 0.3) is 0 Å². The van der Waals surface area contributed by atoms with Crippen LogP contribution < -0.4 is 11.5 Å². The Bertz CT molecular complexity index is 454. The van der Waals surface area contributed by atoms with Crippen LogP contribution in [0.2, 0.25) is 0 Å². The lowest BCUT2D eigenvalue weighted by atomic mass is 10.7. The Balaban J connectivity index is 4.33. The largest absolute Gasteiger partial charge is 0.446 e.